The molecule has 2 amide bonds. The van der Waals surface area contributed by atoms with Crippen LogP contribution in [0.3, 0.4) is 0 Å². The summed E-state index contributed by atoms with van der Waals surface area (Å²) in [5.74, 6) is -2.90. The van der Waals surface area contributed by atoms with Crippen molar-refractivity contribution < 1.29 is 27.9 Å². The molecule has 3 N–H and O–H groups in total. The van der Waals surface area contributed by atoms with Crippen LogP contribution in [-0.4, -0.2) is 34.5 Å². The first-order chi connectivity index (χ1) is 11.4. The Morgan fingerprint density at radius 2 is 2.04 bits per heavy atom. The van der Waals surface area contributed by atoms with Gasteiger partial charge in [0.2, 0.25) is 0 Å². The molecule has 0 bridgehead atoms. The highest BCUT2D eigenvalue weighted by Gasteiger charge is 2.37. The fourth-order valence-electron chi connectivity index (χ4n) is 2.85. The number of β-amino-alcohol motifs (C(OH)–C–C–N with tert-alkyl or cyclic N) is 1. The third-order valence-electron chi connectivity index (χ3n) is 3.95. The second kappa shape index (κ2) is 6.04. The number of hydrogen-bond acceptors (Lipinski definition) is 4. The van der Waals surface area contributed by atoms with Crippen LogP contribution in [0.15, 0.2) is 34.9 Å². The van der Waals surface area contributed by atoms with Crippen molar-refractivity contribution in [2.45, 2.75) is 18.6 Å². The van der Waals surface area contributed by atoms with Gasteiger partial charge in [0.05, 0.1) is 17.7 Å². The van der Waals surface area contributed by atoms with E-state index >= 15 is 0 Å². The lowest BCUT2D eigenvalue weighted by Crippen LogP contribution is -2.32. The van der Waals surface area contributed by atoms with Gasteiger partial charge in [-0.3, -0.25) is 9.59 Å². The zero-order chi connectivity index (χ0) is 17.4. The van der Waals surface area contributed by atoms with Gasteiger partial charge in [-0.15, -0.1) is 0 Å². The van der Waals surface area contributed by atoms with Gasteiger partial charge in [0.15, 0.2) is 5.76 Å². The van der Waals surface area contributed by atoms with Crippen molar-refractivity contribution in [3.8, 4) is 0 Å². The summed E-state index contributed by atoms with van der Waals surface area (Å²) in [7, 11) is 0. The second-order valence-corrected chi connectivity index (χ2v) is 5.59. The lowest BCUT2D eigenvalue weighted by Gasteiger charge is -2.24. The molecule has 0 spiro atoms. The van der Waals surface area contributed by atoms with Crippen LogP contribution < -0.4 is 5.73 Å². The van der Waals surface area contributed by atoms with Crippen LogP contribution in [0.2, 0.25) is 0 Å². The number of benzene rings is 1. The number of likely N-dealkylation sites (tertiary alicyclic amines) is 1. The molecule has 6 nitrogen and oxygen atoms in total. The predicted octanol–water partition coefficient (Wildman–Crippen LogP) is 1.60. The van der Waals surface area contributed by atoms with Gasteiger partial charge in [-0.1, -0.05) is 0 Å². The average Bonchev–Trinajstić information content (AvgIpc) is 3.16. The van der Waals surface area contributed by atoms with Gasteiger partial charge in [0.1, 0.15) is 17.9 Å². The fraction of sp³-hybridized carbons (Fsp3) is 0.250. The zero-order valence-corrected chi connectivity index (χ0v) is 12.4. The molecule has 0 saturated carbocycles. The van der Waals surface area contributed by atoms with Crippen LogP contribution in [0.25, 0.3) is 0 Å². The number of nitrogens with zero attached hydrogens (tertiary/aromatic N) is 1. The number of amides is 2. The predicted molar refractivity (Wildman–Crippen MR) is 78.0 cm³/mol. The minimum absolute atomic E-state index is 0.0153. The third kappa shape index (κ3) is 2.88. The SMILES string of the molecule is NC(=O)c1cc(C(=O)N2C[C@@H](O)C[C@H]2c2cc(F)ccc2F)co1. The fourth-order valence-corrected chi connectivity index (χ4v) is 2.85. The number of rotatable bonds is 3. The minimum Gasteiger partial charge on any atom is -0.458 e. The molecule has 2 heterocycles. The van der Waals surface area contributed by atoms with Crippen molar-refractivity contribution in [3.05, 3.63) is 59.1 Å². The Kier molecular flexibility index (Phi) is 4.06. The van der Waals surface area contributed by atoms with E-state index in [-0.39, 0.29) is 29.9 Å². The number of primary amides is 1. The molecule has 0 aliphatic carbocycles. The van der Waals surface area contributed by atoms with Gasteiger partial charge in [-0.25, -0.2) is 8.78 Å². The normalized spacial score (nSPS) is 20.4. The maximum absolute atomic E-state index is 14.0. The van der Waals surface area contributed by atoms with Gasteiger partial charge in [-0.2, -0.15) is 0 Å². The molecule has 0 radical (unpaired) electrons. The smallest absolute Gasteiger partial charge is 0.284 e. The highest BCUT2D eigenvalue weighted by Crippen LogP contribution is 2.35. The molecule has 3 rings (SSSR count). The van der Waals surface area contributed by atoms with Crippen LogP contribution in [0.4, 0.5) is 8.78 Å². The van der Waals surface area contributed by atoms with Gasteiger partial charge >= 0.3 is 0 Å². The third-order valence-corrected chi connectivity index (χ3v) is 3.95. The number of nitrogens with two attached hydrogens (primary N) is 1. The molecule has 1 aromatic carbocycles. The van der Waals surface area contributed by atoms with Crippen LogP contribution in [0, 0.1) is 11.6 Å². The second-order valence-electron chi connectivity index (χ2n) is 5.59. The molecule has 1 aromatic heterocycles. The highest BCUT2D eigenvalue weighted by molar-refractivity contribution is 5.98. The van der Waals surface area contributed by atoms with Gasteiger partial charge in [0, 0.05) is 18.2 Å². The van der Waals surface area contributed by atoms with E-state index in [9.17, 15) is 23.5 Å². The van der Waals surface area contributed by atoms with Crippen LogP contribution >= 0.6 is 0 Å². The summed E-state index contributed by atoms with van der Waals surface area (Å²) in [5, 5.41) is 9.87. The van der Waals surface area contributed by atoms with Crippen molar-refractivity contribution in [3.63, 3.8) is 0 Å². The molecule has 1 aliphatic rings. The van der Waals surface area contributed by atoms with Gasteiger partial charge < -0.3 is 20.2 Å². The first kappa shape index (κ1) is 16.1. The summed E-state index contributed by atoms with van der Waals surface area (Å²) in [5.41, 5.74) is 5.09. The maximum atomic E-state index is 14.0. The van der Waals surface area contributed by atoms with E-state index in [2.05, 4.69) is 0 Å². The minimum atomic E-state index is -0.871. The molecule has 126 valence electrons. The van der Waals surface area contributed by atoms with Gasteiger partial charge in [-0.05, 0) is 24.6 Å². The molecule has 2 atom stereocenters. The molecular formula is C16H14F2N2O4. The Morgan fingerprint density at radius 1 is 1.29 bits per heavy atom. The van der Waals surface area contributed by atoms with E-state index < -0.39 is 35.6 Å². The highest BCUT2D eigenvalue weighted by atomic mass is 19.1. The summed E-state index contributed by atoms with van der Waals surface area (Å²) in [4.78, 5) is 24.9. The van der Waals surface area contributed by atoms with E-state index in [1.807, 2.05) is 0 Å². The largest absolute Gasteiger partial charge is 0.458 e. The summed E-state index contributed by atoms with van der Waals surface area (Å²) < 4.78 is 32.4. The van der Waals surface area contributed by atoms with Crippen molar-refractivity contribution in [1.29, 1.82) is 0 Å². The monoisotopic (exact) mass is 336 g/mol. The molecule has 2 aromatic rings. The summed E-state index contributed by atoms with van der Waals surface area (Å²) in [6.07, 6.45) is 0.266. The average molecular weight is 336 g/mol. The molecule has 1 fully saturated rings. The quantitative estimate of drug-likeness (QED) is 0.890. The Bertz CT molecular complexity index is 805. The number of aliphatic hydroxyl groups excluding tert-OH is 1. The first-order valence-corrected chi connectivity index (χ1v) is 7.19. The van der Waals surface area contributed by atoms with Crippen LogP contribution in [-0.2, 0) is 0 Å². The number of carbonyl (C=O) groups is 2. The summed E-state index contributed by atoms with van der Waals surface area (Å²) in [6.45, 7) is -0.0451. The van der Waals surface area contributed by atoms with Crippen molar-refractivity contribution in [2.24, 2.45) is 5.73 Å². The number of aliphatic hydroxyl groups is 1. The molecule has 8 heteroatoms. The Morgan fingerprint density at radius 3 is 2.71 bits per heavy atom. The zero-order valence-electron chi connectivity index (χ0n) is 12.4. The van der Waals surface area contributed by atoms with Crippen LogP contribution in [0.5, 0.6) is 0 Å². The molecule has 24 heavy (non-hydrogen) atoms. The van der Waals surface area contributed by atoms with Crippen LogP contribution in [0.1, 0.15) is 38.9 Å². The standard InChI is InChI=1S/C16H14F2N2O4/c17-9-1-2-12(18)11(4-9)13-5-10(21)6-20(13)16(23)8-3-14(15(19)22)24-7-8/h1-4,7,10,13,21H,5-6H2,(H2,19,22)/t10-,13-/m0/s1. The molecular weight excluding hydrogens is 322 g/mol. The summed E-state index contributed by atoms with van der Waals surface area (Å²) >= 11 is 0. The lowest BCUT2D eigenvalue weighted by atomic mass is 10.0. The van der Waals surface area contributed by atoms with Crippen molar-refractivity contribution in [1.82, 2.24) is 4.90 Å². The Balaban J connectivity index is 1.93. The number of hydrogen-bond donors (Lipinski definition) is 2. The molecule has 1 aliphatic heterocycles. The summed E-state index contributed by atoms with van der Waals surface area (Å²) in [6, 6.07) is 3.30. The van der Waals surface area contributed by atoms with Gasteiger partial charge in [0.25, 0.3) is 11.8 Å². The first-order valence-electron chi connectivity index (χ1n) is 7.19. The van der Waals surface area contributed by atoms with E-state index in [0.29, 0.717) is 0 Å². The van der Waals surface area contributed by atoms with E-state index in [1.165, 1.54) is 11.0 Å². The number of carbonyl (C=O) groups excluding carboxylic acids is 2. The molecule has 1 saturated heterocycles. The van der Waals surface area contributed by atoms with E-state index in [4.69, 9.17) is 10.2 Å². The van der Waals surface area contributed by atoms with Crippen molar-refractivity contribution in [2.75, 3.05) is 6.54 Å². The van der Waals surface area contributed by atoms with E-state index in [0.717, 1.165) is 24.5 Å². The Hall–Kier alpha value is -2.74. The number of halogens is 2. The lowest BCUT2D eigenvalue weighted by molar-refractivity contribution is 0.0713. The molecule has 0 unspecified atom stereocenters. The maximum Gasteiger partial charge on any atom is 0.284 e. The van der Waals surface area contributed by atoms with Crippen molar-refractivity contribution >= 4 is 11.8 Å². The number of furan rings is 1. The Labute approximate surface area is 135 Å². The van der Waals surface area contributed by atoms with E-state index in [1.54, 1.807) is 0 Å². The topological polar surface area (TPSA) is 96.8 Å².